The molecule has 1 unspecified atom stereocenters. The summed E-state index contributed by atoms with van der Waals surface area (Å²) in [5.74, 6) is -58.2. The Kier molecular flexibility index (Phi) is 12.6. The predicted molar refractivity (Wildman–Crippen MR) is 187 cm³/mol. The quantitative estimate of drug-likeness (QED) is 0.148. The van der Waals surface area contributed by atoms with E-state index in [9.17, 15) is 89.0 Å². The first kappa shape index (κ1) is 50.8. The number of ketones is 1. The Morgan fingerprint density at radius 3 is 1.59 bits per heavy atom. The molecule has 0 bridgehead atoms. The van der Waals surface area contributed by atoms with Crippen LogP contribution in [-0.4, -0.2) is 88.1 Å². The summed E-state index contributed by atoms with van der Waals surface area (Å²) >= 11 is 0. The lowest BCUT2D eigenvalue weighted by molar-refractivity contribution is -0.461. The first-order valence-electron chi connectivity index (χ1n) is 18.2. The van der Waals surface area contributed by atoms with Crippen LogP contribution in [0.2, 0.25) is 0 Å². The number of Topliss-reactive ketones (excluding diaryl/α,β-unsaturated/α-hetero) is 1. The second-order valence-electron chi connectivity index (χ2n) is 16.5. The van der Waals surface area contributed by atoms with E-state index in [1.165, 1.54) is 13.0 Å². The molecule has 4 rings (SSSR count). The Bertz CT molecular complexity index is 2160. The van der Waals surface area contributed by atoms with E-state index >= 15 is 0 Å². The number of benzene rings is 2. The van der Waals surface area contributed by atoms with Crippen molar-refractivity contribution >= 4 is 23.4 Å². The van der Waals surface area contributed by atoms with Gasteiger partial charge in [-0.1, -0.05) is 54.6 Å². The third-order valence-corrected chi connectivity index (χ3v) is 10.4. The number of hydrogen-bond donors (Lipinski definition) is 0. The van der Waals surface area contributed by atoms with Crippen molar-refractivity contribution in [3.63, 3.8) is 0 Å². The van der Waals surface area contributed by atoms with Gasteiger partial charge in [-0.2, -0.15) is 74.6 Å². The van der Waals surface area contributed by atoms with Gasteiger partial charge in [-0.3, -0.25) is 9.69 Å². The minimum absolute atomic E-state index is 0.00256. The molecule has 1 heterocycles. The Morgan fingerprint density at radius 1 is 0.651 bits per heavy atom. The van der Waals surface area contributed by atoms with Crippen LogP contribution in [0.3, 0.4) is 0 Å². The van der Waals surface area contributed by atoms with Crippen molar-refractivity contribution in [1.82, 2.24) is 4.90 Å². The highest BCUT2D eigenvalue weighted by Gasteiger charge is 2.95. The van der Waals surface area contributed by atoms with Crippen molar-refractivity contribution in [3.8, 4) is 0 Å². The molecule has 1 amide bonds. The summed E-state index contributed by atoms with van der Waals surface area (Å²) in [6, 6.07) is 12.0. The van der Waals surface area contributed by atoms with Crippen LogP contribution in [0.1, 0.15) is 64.7 Å². The van der Waals surface area contributed by atoms with Crippen LogP contribution in [0.25, 0.3) is 5.57 Å². The van der Waals surface area contributed by atoms with Gasteiger partial charge in [0.1, 0.15) is 12.2 Å². The summed E-state index contributed by atoms with van der Waals surface area (Å²) in [7, 11) is 0. The van der Waals surface area contributed by atoms with Crippen molar-refractivity contribution in [3.05, 3.63) is 88.5 Å². The second kappa shape index (κ2) is 15.7. The van der Waals surface area contributed by atoms with Crippen molar-refractivity contribution in [2.75, 3.05) is 6.54 Å². The van der Waals surface area contributed by atoms with E-state index in [2.05, 4.69) is 0 Å². The van der Waals surface area contributed by atoms with Gasteiger partial charge in [0.15, 0.2) is 11.3 Å². The molecule has 0 spiro atoms. The Hall–Kier alpha value is -4.86. The molecule has 63 heavy (non-hydrogen) atoms. The van der Waals surface area contributed by atoms with Gasteiger partial charge in [0.2, 0.25) is 0 Å². The molecule has 2 aromatic carbocycles. The monoisotopic (exact) mass is 933 g/mol. The van der Waals surface area contributed by atoms with E-state index in [-0.39, 0.29) is 23.5 Å². The standard InChI is InChI=1S/C40H36F17NO5/c1-30(2,3)63-28(60)32(6)18-25-24(26(27(59)31(25,4)5)23-10-8-7-9-11-23)19-58(32)29(61)62-20-22-14-12-21(13-15-22)16-17-33(41,42)34(43,44)35(45,46)36(47,48)37(49,50)38(51,52)39(53,54)40(55,56)57/h7-15,18H,16-17,19-20H2,1-6H3. The zero-order valence-electron chi connectivity index (χ0n) is 33.5. The molecule has 1 aliphatic heterocycles. The van der Waals surface area contributed by atoms with Crippen LogP contribution >= 0.6 is 0 Å². The van der Waals surface area contributed by atoms with Crippen LogP contribution in [0.5, 0.6) is 0 Å². The number of ether oxygens (including phenoxy) is 2. The average molecular weight is 934 g/mol. The number of halogens is 17. The lowest BCUT2D eigenvalue weighted by Crippen LogP contribution is -2.74. The topological polar surface area (TPSA) is 72.9 Å². The summed E-state index contributed by atoms with van der Waals surface area (Å²) in [5.41, 5.74) is -3.04. The maximum atomic E-state index is 14.5. The lowest BCUT2D eigenvalue weighted by atomic mass is 9.77. The number of fused-ring (bicyclic) bond motifs is 1. The number of aryl methyl sites for hydroxylation is 1. The van der Waals surface area contributed by atoms with E-state index in [1.54, 1.807) is 65.0 Å². The van der Waals surface area contributed by atoms with E-state index in [4.69, 9.17) is 9.47 Å². The minimum atomic E-state index is -8.71. The number of carbonyl (C=O) groups excluding carboxylic acids is 3. The highest BCUT2D eigenvalue weighted by Crippen LogP contribution is 2.64. The maximum Gasteiger partial charge on any atom is 0.460 e. The zero-order valence-corrected chi connectivity index (χ0v) is 33.5. The molecule has 0 saturated heterocycles. The summed E-state index contributed by atoms with van der Waals surface area (Å²) in [6.07, 6.45) is -11.7. The van der Waals surface area contributed by atoms with Gasteiger partial charge in [-0.05, 0) is 81.9 Å². The molecule has 0 saturated carbocycles. The van der Waals surface area contributed by atoms with Gasteiger partial charge in [0, 0.05) is 12.0 Å². The van der Waals surface area contributed by atoms with Crippen molar-refractivity contribution in [2.45, 2.75) is 120 Å². The predicted octanol–water partition coefficient (Wildman–Crippen LogP) is 11.7. The smallest absolute Gasteiger partial charge is 0.458 e. The Labute approximate surface area is 347 Å². The molecule has 2 aromatic rings. The molecule has 23 heteroatoms. The molecular weight excluding hydrogens is 897 g/mol. The van der Waals surface area contributed by atoms with E-state index in [1.807, 2.05) is 0 Å². The third-order valence-electron chi connectivity index (χ3n) is 10.4. The van der Waals surface area contributed by atoms with Gasteiger partial charge in [0.25, 0.3) is 0 Å². The van der Waals surface area contributed by atoms with Gasteiger partial charge in [-0.15, -0.1) is 0 Å². The normalized spacial score (nSPS) is 19.5. The van der Waals surface area contributed by atoms with Crippen LogP contribution in [0, 0.1) is 5.41 Å². The second-order valence-corrected chi connectivity index (χ2v) is 16.5. The Morgan fingerprint density at radius 2 is 1.11 bits per heavy atom. The van der Waals surface area contributed by atoms with Crippen LogP contribution in [-0.2, 0) is 32.1 Å². The van der Waals surface area contributed by atoms with Gasteiger partial charge >= 0.3 is 59.7 Å². The first-order chi connectivity index (χ1) is 28.2. The minimum Gasteiger partial charge on any atom is -0.458 e. The fraction of sp³-hybridized carbons (Fsp3) is 0.525. The molecule has 0 fully saturated rings. The molecule has 350 valence electrons. The highest BCUT2D eigenvalue weighted by molar-refractivity contribution is 6.29. The number of nitrogens with zero attached hydrogens (tertiary/aromatic N) is 1. The fourth-order valence-electron chi connectivity index (χ4n) is 6.59. The van der Waals surface area contributed by atoms with Gasteiger partial charge in [-0.25, -0.2) is 9.59 Å². The van der Waals surface area contributed by atoms with E-state index in [0.29, 0.717) is 16.7 Å². The number of hydrogen-bond acceptors (Lipinski definition) is 5. The third kappa shape index (κ3) is 8.25. The number of alkyl halides is 17. The van der Waals surface area contributed by atoms with Crippen molar-refractivity contribution in [1.29, 1.82) is 0 Å². The molecule has 0 aromatic heterocycles. The van der Waals surface area contributed by atoms with Gasteiger partial charge < -0.3 is 9.47 Å². The fourth-order valence-corrected chi connectivity index (χ4v) is 6.59. The van der Waals surface area contributed by atoms with Gasteiger partial charge in [0.05, 0.1) is 12.0 Å². The number of allylic oxidation sites excluding steroid dienone is 1. The Balaban J connectivity index is 1.55. The summed E-state index contributed by atoms with van der Waals surface area (Å²) in [4.78, 5) is 42.3. The van der Waals surface area contributed by atoms with E-state index in [0.717, 1.165) is 29.2 Å². The van der Waals surface area contributed by atoms with Crippen molar-refractivity contribution in [2.24, 2.45) is 5.41 Å². The largest absolute Gasteiger partial charge is 0.460 e. The van der Waals surface area contributed by atoms with E-state index < -0.39 is 101 Å². The first-order valence-corrected chi connectivity index (χ1v) is 18.2. The molecule has 2 aliphatic rings. The summed E-state index contributed by atoms with van der Waals surface area (Å²) in [6.45, 7) is 8.24. The number of carbonyl (C=O) groups is 3. The summed E-state index contributed by atoms with van der Waals surface area (Å²) in [5, 5.41) is 0. The molecule has 0 radical (unpaired) electrons. The molecule has 1 aliphatic carbocycles. The molecule has 1 atom stereocenters. The number of amides is 1. The number of esters is 1. The maximum absolute atomic E-state index is 14.5. The zero-order chi connectivity index (χ0) is 48.6. The van der Waals surface area contributed by atoms with Crippen LogP contribution < -0.4 is 0 Å². The molecular formula is C40H36F17NO5. The highest BCUT2D eigenvalue weighted by atomic mass is 19.4. The summed E-state index contributed by atoms with van der Waals surface area (Å²) < 4.78 is 243. The SMILES string of the molecule is CC(C)(C)OC(=O)C1(C)C=C2C(=C(c3ccccc3)C(=O)C2(C)C)CN1C(=O)OCc1ccc(CCC(F)(F)C(F)(F)C(F)(F)C(F)(F)C(F)(F)C(F)(F)C(F)(F)C(F)(F)F)cc1. The molecule has 6 nitrogen and oxygen atoms in total. The van der Waals surface area contributed by atoms with Crippen LogP contribution in [0.15, 0.2) is 71.8 Å². The molecule has 0 N–H and O–H groups in total. The number of rotatable bonds is 13. The average Bonchev–Trinajstić information content (AvgIpc) is 3.34. The lowest BCUT2D eigenvalue weighted by Gasteiger charge is -2.43. The van der Waals surface area contributed by atoms with Crippen LogP contribution in [0.4, 0.5) is 79.4 Å². The van der Waals surface area contributed by atoms with Crippen molar-refractivity contribution < 1.29 is 98.5 Å².